The van der Waals surface area contributed by atoms with E-state index in [4.69, 9.17) is 4.74 Å². The molecule has 0 aromatic heterocycles. The number of esters is 1. The van der Waals surface area contributed by atoms with Crippen molar-refractivity contribution in [3.8, 4) is 0 Å². The first-order chi connectivity index (χ1) is 9.26. The highest BCUT2D eigenvalue weighted by Crippen LogP contribution is 2.13. The lowest BCUT2D eigenvalue weighted by Crippen LogP contribution is -2.12. The van der Waals surface area contributed by atoms with Gasteiger partial charge in [-0.15, -0.1) is 0 Å². The summed E-state index contributed by atoms with van der Waals surface area (Å²) in [6.45, 7) is 4.86. The fourth-order valence-corrected chi connectivity index (χ4v) is 1.87. The van der Waals surface area contributed by atoms with Crippen LogP contribution in [0.1, 0.15) is 45.1 Å². The summed E-state index contributed by atoms with van der Waals surface area (Å²) in [5.74, 6) is 0.243. The minimum atomic E-state index is -0.251. The number of hydrogen-bond acceptors (Lipinski definition) is 2. The maximum Gasteiger partial charge on any atom is 0.330 e. The Kier molecular flexibility index (Phi) is 10.7. The van der Waals surface area contributed by atoms with Crippen molar-refractivity contribution >= 4 is 23.0 Å². The van der Waals surface area contributed by atoms with Gasteiger partial charge in [-0.3, -0.25) is 0 Å². The summed E-state index contributed by atoms with van der Waals surface area (Å²) in [5.41, 5.74) is 1.01. The molecular weight excluding hydrogens is 264 g/mol. The molecule has 0 saturated heterocycles. The highest BCUT2D eigenvalue weighted by atomic mass is 28.1. The molecule has 1 rings (SSSR count). The second-order valence-electron chi connectivity index (χ2n) is 4.79. The summed E-state index contributed by atoms with van der Waals surface area (Å²) in [6, 6.07) is 9.76. The molecule has 0 aliphatic heterocycles. The zero-order valence-corrected chi connectivity index (χ0v) is 12.0. The summed E-state index contributed by atoms with van der Waals surface area (Å²) in [7, 11) is 0. The van der Waals surface area contributed by atoms with Crippen molar-refractivity contribution < 1.29 is 9.53 Å². The van der Waals surface area contributed by atoms with Gasteiger partial charge in [0.25, 0.3) is 0 Å². The maximum absolute atomic E-state index is 11.6. The third-order valence-corrected chi connectivity index (χ3v) is 3.22. The molecule has 1 atom stereocenters. The summed E-state index contributed by atoms with van der Waals surface area (Å²) in [5, 5.41) is 0. The molecule has 0 aliphatic carbocycles. The van der Waals surface area contributed by atoms with E-state index in [0.717, 1.165) is 18.4 Å². The third kappa shape index (κ3) is 7.95. The van der Waals surface area contributed by atoms with Crippen molar-refractivity contribution in [1.82, 2.24) is 0 Å². The van der Waals surface area contributed by atoms with Crippen LogP contribution in [0.3, 0.4) is 0 Å². The second kappa shape index (κ2) is 11.5. The van der Waals surface area contributed by atoms with E-state index in [9.17, 15) is 4.79 Å². The monoisotopic (exact) mass is 292 g/mol. The van der Waals surface area contributed by atoms with E-state index in [2.05, 4.69) is 13.8 Å². The first-order valence-electron chi connectivity index (χ1n) is 7.16. The second-order valence-corrected chi connectivity index (χ2v) is 4.79. The lowest BCUT2D eigenvalue weighted by molar-refractivity contribution is -0.139. The van der Waals surface area contributed by atoms with Crippen LogP contribution < -0.4 is 0 Å². The van der Waals surface area contributed by atoms with Crippen LogP contribution >= 0.6 is 0 Å². The van der Waals surface area contributed by atoms with Crippen LogP contribution in [0, 0.1) is 5.92 Å². The Hall–Kier alpha value is -1.35. The largest absolute Gasteiger partial charge is 0.462 e. The van der Waals surface area contributed by atoms with Crippen LogP contribution in [0.15, 0.2) is 36.4 Å². The van der Waals surface area contributed by atoms with Crippen LogP contribution in [0.2, 0.25) is 0 Å². The number of hydrogen-bond donors (Lipinski definition) is 0. The number of ether oxygens (including phenoxy) is 1. The van der Waals surface area contributed by atoms with E-state index < -0.39 is 0 Å². The number of carbonyl (C=O) groups is 1. The number of carbonyl (C=O) groups excluding carboxylic acids is 1. The molecule has 3 heteroatoms. The smallest absolute Gasteiger partial charge is 0.330 e. The Morgan fingerprint density at radius 1 is 1.25 bits per heavy atom. The van der Waals surface area contributed by atoms with Gasteiger partial charge in [0.1, 0.15) is 0 Å². The Morgan fingerprint density at radius 2 is 1.95 bits per heavy atom. The molecule has 1 aromatic rings. The fourth-order valence-electron chi connectivity index (χ4n) is 1.87. The average Bonchev–Trinajstić information content (AvgIpc) is 2.46. The Morgan fingerprint density at radius 3 is 2.55 bits per heavy atom. The number of unbranched alkanes of at least 4 members (excludes halogenated alkanes) is 1. The molecule has 0 amide bonds. The van der Waals surface area contributed by atoms with Gasteiger partial charge < -0.3 is 4.74 Å². The summed E-state index contributed by atoms with van der Waals surface area (Å²) < 4.78 is 5.29. The molecule has 2 nitrogen and oxygen atoms in total. The zero-order valence-electron chi connectivity index (χ0n) is 12.0. The van der Waals surface area contributed by atoms with Gasteiger partial charge in [-0.25, -0.2) is 4.79 Å². The molecule has 0 saturated carbocycles. The van der Waals surface area contributed by atoms with Crippen LogP contribution in [-0.2, 0) is 9.53 Å². The van der Waals surface area contributed by atoms with Crippen molar-refractivity contribution in [2.24, 2.45) is 5.92 Å². The Labute approximate surface area is 127 Å². The zero-order chi connectivity index (χ0) is 13.9. The van der Waals surface area contributed by atoms with Gasteiger partial charge in [0, 0.05) is 6.08 Å². The Balaban J connectivity index is 0.00000361. The average molecular weight is 292 g/mol. The highest BCUT2D eigenvalue weighted by Gasteiger charge is 2.08. The highest BCUT2D eigenvalue weighted by molar-refractivity contribution is 5.87. The molecular formula is C17H28O2Si. The first kappa shape index (κ1) is 18.6. The molecule has 0 spiro atoms. The van der Waals surface area contributed by atoms with Gasteiger partial charge >= 0.3 is 5.97 Å². The van der Waals surface area contributed by atoms with Crippen LogP contribution in [-0.4, -0.2) is 23.5 Å². The maximum atomic E-state index is 11.6. The summed E-state index contributed by atoms with van der Waals surface area (Å²) in [4.78, 5) is 11.6. The lowest BCUT2D eigenvalue weighted by atomic mass is 10.0. The number of rotatable bonds is 8. The van der Waals surface area contributed by atoms with Gasteiger partial charge in [-0.1, -0.05) is 63.4 Å². The first-order valence-corrected chi connectivity index (χ1v) is 7.16. The SMILES string of the molecule is CCCCC(CC)COC(=O)C=Cc1ccccc1.[SiH4]. The van der Waals surface area contributed by atoms with Gasteiger partial charge in [0.05, 0.1) is 6.61 Å². The summed E-state index contributed by atoms with van der Waals surface area (Å²) in [6.07, 6.45) is 7.89. The molecule has 1 unspecified atom stereocenters. The van der Waals surface area contributed by atoms with Gasteiger partial charge in [0.2, 0.25) is 0 Å². The van der Waals surface area contributed by atoms with E-state index in [-0.39, 0.29) is 16.9 Å². The van der Waals surface area contributed by atoms with Crippen molar-refractivity contribution in [2.75, 3.05) is 6.61 Å². The molecule has 20 heavy (non-hydrogen) atoms. The molecule has 0 radical (unpaired) electrons. The van der Waals surface area contributed by atoms with Gasteiger partial charge in [-0.2, -0.15) is 0 Å². The minimum absolute atomic E-state index is 0. The predicted octanol–water partition coefficient (Wildman–Crippen LogP) is 3.01. The molecule has 0 aliphatic rings. The molecule has 0 N–H and O–H groups in total. The van der Waals surface area contributed by atoms with E-state index in [0.29, 0.717) is 12.5 Å². The minimum Gasteiger partial charge on any atom is -0.462 e. The van der Waals surface area contributed by atoms with Crippen molar-refractivity contribution in [1.29, 1.82) is 0 Å². The van der Waals surface area contributed by atoms with E-state index in [1.54, 1.807) is 6.08 Å². The topological polar surface area (TPSA) is 26.3 Å². The van der Waals surface area contributed by atoms with E-state index in [1.165, 1.54) is 18.9 Å². The molecule has 0 bridgehead atoms. The number of benzene rings is 1. The van der Waals surface area contributed by atoms with E-state index >= 15 is 0 Å². The van der Waals surface area contributed by atoms with Gasteiger partial charge in [0.15, 0.2) is 0 Å². The lowest BCUT2D eigenvalue weighted by Gasteiger charge is -2.13. The quantitative estimate of drug-likeness (QED) is 0.418. The Bertz CT molecular complexity index is 387. The van der Waals surface area contributed by atoms with Crippen LogP contribution in [0.25, 0.3) is 6.08 Å². The van der Waals surface area contributed by atoms with Crippen LogP contribution in [0.4, 0.5) is 0 Å². The van der Waals surface area contributed by atoms with E-state index in [1.807, 2.05) is 30.3 Å². The summed E-state index contributed by atoms with van der Waals surface area (Å²) >= 11 is 0. The fraction of sp³-hybridized carbons (Fsp3) is 0.471. The molecule has 0 fully saturated rings. The van der Waals surface area contributed by atoms with Gasteiger partial charge in [-0.05, 0) is 34.9 Å². The molecule has 0 heterocycles. The third-order valence-electron chi connectivity index (χ3n) is 3.22. The normalized spacial score (nSPS) is 11.9. The predicted molar refractivity (Wildman–Crippen MR) is 91.1 cm³/mol. The van der Waals surface area contributed by atoms with Crippen LogP contribution in [0.5, 0.6) is 0 Å². The van der Waals surface area contributed by atoms with Crippen molar-refractivity contribution in [3.05, 3.63) is 42.0 Å². The van der Waals surface area contributed by atoms with Crippen molar-refractivity contribution in [2.45, 2.75) is 39.5 Å². The molecule has 112 valence electrons. The molecule has 1 aromatic carbocycles. The van der Waals surface area contributed by atoms with Crippen molar-refractivity contribution in [3.63, 3.8) is 0 Å². The standard InChI is InChI=1S/C17H24O2.H4Si/c1-3-5-9-15(4-2)14-19-17(18)13-12-16-10-7-6-8-11-16;/h6-8,10-13,15H,3-5,9,14H2,1-2H3;1H4.